The lowest BCUT2D eigenvalue weighted by Gasteiger charge is -2.29. The first-order chi connectivity index (χ1) is 6.63. The second-order valence-corrected chi connectivity index (χ2v) is 4.95. The molecule has 14 heavy (non-hydrogen) atoms. The number of nitrogens with zero attached hydrogens (tertiary/aromatic N) is 2. The topological polar surface area (TPSA) is 27.0 Å². The molecule has 0 spiro atoms. The zero-order chi connectivity index (χ0) is 10.6. The Morgan fingerprint density at radius 3 is 2.50 bits per heavy atom. The van der Waals surface area contributed by atoms with Gasteiger partial charge in [0.2, 0.25) is 0 Å². The lowest BCUT2D eigenvalue weighted by molar-refractivity contribution is 0.190. The summed E-state index contributed by atoms with van der Waals surface area (Å²) < 4.78 is 0. The first-order valence-electron chi connectivity index (χ1n) is 5.35. The van der Waals surface area contributed by atoms with Crippen LogP contribution in [-0.2, 0) is 0 Å². The molecule has 0 heterocycles. The summed E-state index contributed by atoms with van der Waals surface area (Å²) in [6, 6.07) is 2.76. The summed E-state index contributed by atoms with van der Waals surface area (Å²) in [5, 5.41) is 8.58. The van der Waals surface area contributed by atoms with E-state index in [4.69, 9.17) is 5.26 Å². The van der Waals surface area contributed by atoms with E-state index in [0.29, 0.717) is 17.9 Å². The van der Waals surface area contributed by atoms with Crippen LogP contribution in [0.4, 0.5) is 0 Å². The average Bonchev–Trinajstić information content (AvgIpc) is 2.92. The largest absolute Gasteiger partial charge is 0.299 e. The summed E-state index contributed by atoms with van der Waals surface area (Å²) in [6.45, 7) is 6.43. The van der Waals surface area contributed by atoms with Gasteiger partial charge in [0.15, 0.2) is 0 Å². The van der Waals surface area contributed by atoms with E-state index in [0.717, 1.165) is 18.8 Å². The van der Waals surface area contributed by atoms with Crippen molar-refractivity contribution in [1.82, 2.24) is 4.90 Å². The van der Waals surface area contributed by atoms with E-state index < -0.39 is 0 Å². The molecule has 80 valence electrons. The minimum atomic E-state index is 0.475. The molecule has 1 aliphatic carbocycles. The Labute approximate surface area is 92.7 Å². The molecular weight excluding hydrogens is 192 g/mol. The molecule has 3 heteroatoms. The van der Waals surface area contributed by atoms with E-state index >= 15 is 0 Å². The van der Waals surface area contributed by atoms with E-state index in [9.17, 15) is 0 Å². The Morgan fingerprint density at radius 1 is 1.50 bits per heavy atom. The quantitative estimate of drug-likeness (QED) is 0.684. The van der Waals surface area contributed by atoms with Crippen molar-refractivity contribution < 1.29 is 0 Å². The van der Waals surface area contributed by atoms with Gasteiger partial charge in [0, 0.05) is 25.6 Å². The van der Waals surface area contributed by atoms with Gasteiger partial charge in [-0.3, -0.25) is 4.90 Å². The Kier molecular flexibility index (Phi) is 4.28. The third-order valence-corrected chi connectivity index (χ3v) is 3.74. The molecule has 0 aromatic heterocycles. The van der Waals surface area contributed by atoms with Gasteiger partial charge in [0.25, 0.3) is 0 Å². The fraction of sp³-hybridized carbons (Fsp3) is 0.909. The molecule has 1 saturated carbocycles. The molecule has 0 saturated heterocycles. The van der Waals surface area contributed by atoms with Crippen molar-refractivity contribution in [2.45, 2.75) is 39.2 Å². The summed E-state index contributed by atoms with van der Waals surface area (Å²) in [6.07, 6.45) is 3.26. The van der Waals surface area contributed by atoms with Crippen molar-refractivity contribution in [3.05, 3.63) is 0 Å². The molecule has 1 aliphatic rings. The number of hydrogen-bond acceptors (Lipinski definition) is 3. The maximum Gasteiger partial charge on any atom is 0.0635 e. The van der Waals surface area contributed by atoms with Gasteiger partial charge < -0.3 is 0 Å². The molecule has 1 rings (SSSR count). The van der Waals surface area contributed by atoms with Crippen molar-refractivity contribution >= 4 is 12.6 Å². The van der Waals surface area contributed by atoms with Crippen LogP contribution in [0, 0.1) is 16.7 Å². The monoisotopic (exact) mass is 212 g/mol. The Bertz CT molecular complexity index is 216. The highest BCUT2D eigenvalue weighted by Crippen LogP contribution is 2.47. The zero-order valence-electron chi connectivity index (χ0n) is 9.16. The zero-order valence-corrected chi connectivity index (χ0v) is 10.1. The predicted molar refractivity (Wildman–Crippen MR) is 62.5 cm³/mol. The van der Waals surface area contributed by atoms with E-state index in [-0.39, 0.29) is 0 Å². The SMILES string of the molecule is CC(C)N(CCC#N)CC1(CS)CC1. The molecule has 1 fully saturated rings. The molecule has 0 unspecified atom stereocenters. The van der Waals surface area contributed by atoms with Crippen LogP contribution >= 0.6 is 12.6 Å². The third kappa shape index (κ3) is 3.18. The Hall–Kier alpha value is -0.200. The predicted octanol–water partition coefficient (Wildman–Crippen LogP) is 2.32. The first-order valence-corrected chi connectivity index (χ1v) is 5.99. The van der Waals surface area contributed by atoms with Gasteiger partial charge in [-0.1, -0.05) is 0 Å². The van der Waals surface area contributed by atoms with Gasteiger partial charge in [0.05, 0.1) is 6.07 Å². The van der Waals surface area contributed by atoms with Crippen LogP contribution < -0.4 is 0 Å². The first kappa shape index (κ1) is 11.9. The minimum Gasteiger partial charge on any atom is -0.299 e. The number of nitriles is 1. The molecule has 0 bridgehead atoms. The van der Waals surface area contributed by atoms with Crippen LogP contribution in [0.3, 0.4) is 0 Å². The van der Waals surface area contributed by atoms with Crippen molar-refractivity contribution in [2.75, 3.05) is 18.8 Å². The minimum absolute atomic E-state index is 0.475. The van der Waals surface area contributed by atoms with Gasteiger partial charge in [-0.25, -0.2) is 0 Å². The maximum absolute atomic E-state index is 8.58. The smallest absolute Gasteiger partial charge is 0.0635 e. The van der Waals surface area contributed by atoms with Gasteiger partial charge in [-0.15, -0.1) is 0 Å². The van der Waals surface area contributed by atoms with Crippen molar-refractivity contribution in [1.29, 1.82) is 5.26 Å². The summed E-state index contributed by atoms with van der Waals surface area (Å²) in [7, 11) is 0. The highest BCUT2D eigenvalue weighted by molar-refractivity contribution is 7.80. The Morgan fingerprint density at radius 2 is 2.14 bits per heavy atom. The third-order valence-electron chi connectivity index (χ3n) is 3.07. The average molecular weight is 212 g/mol. The van der Waals surface area contributed by atoms with Crippen LogP contribution in [-0.4, -0.2) is 29.8 Å². The van der Waals surface area contributed by atoms with Gasteiger partial charge >= 0.3 is 0 Å². The van der Waals surface area contributed by atoms with Crippen LogP contribution in [0.15, 0.2) is 0 Å². The van der Waals surface area contributed by atoms with Crippen molar-refractivity contribution in [3.8, 4) is 6.07 Å². The van der Waals surface area contributed by atoms with Crippen molar-refractivity contribution in [3.63, 3.8) is 0 Å². The maximum atomic E-state index is 8.58. The van der Waals surface area contributed by atoms with E-state index in [1.807, 2.05) is 0 Å². The molecule has 0 radical (unpaired) electrons. The van der Waals surface area contributed by atoms with E-state index in [1.54, 1.807) is 0 Å². The molecule has 0 aromatic carbocycles. The van der Waals surface area contributed by atoms with Crippen LogP contribution in [0.25, 0.3) is 0 Å². The number of thiol groups is 1. The highest BCUT2D eigenvalue weighted by Gasteiger charge is 2.42. The fourth-order valence-electron chi connectivity index (χ4n) is 1.69. The standard InChI is InChI=1S/C11H20N2S/c1-10(2)13(7-3-6-12)8-11(9-14)4-5-11/h10,14H,3-5,7-9H2,1-2H3. The molecule has 0 N–H and O–H groups in total. The second kappa shape index (κ2) is 5.04. The van der Waals surface area contributed by atoms with Crippen LogP contribution in [0.1, 0.15) is 33.1 Å². The normalized spacial score (nSPS) is 18.6. The molecule has 0 atom stereocenters. The summed E-state index contributed by atoms with van der Waals surface area (Å²) in [5.41, 5.74) is 0.475. The van der Waals surface area contributed by atoms with E-state index in [1.165, 1.54) is 12.8 Å². The van der Waals surface area contributed by atoms with Gasteiger partial charge in [0.1, 0.15) is 0 Å². The van der Waals surface area contributed by atoms with Gasteiger partial charge in [-0.2, -0.15) is 17.9 Å². The van der Waals surface area contributed by atoms with Crippen LogP contribution in [0.2, 0.25) is 0 Å². The number of hydrogen-bond donors (Lipinski definition) is 1. The Balaban J connectivity index is 2.39. The molecule has 0 aliphatic heterocycles. The molecule has 0 amide bonds. The fourth-order valence-corrected chi connectivity index (χ4v) is 2.10. The molecular formula is C11H20N2S. The molecule has 2 nitrogen and oxygen atoms in total. The van der Waals surface area contributed by atoms with Crippen molar-refractivity contribution in [2.24, 2.45) is 5.41 Å². The second-order valence-electron chi connectivity index (χ2n) is 4.63. The van der Waals surface area contributed by atoms with E-state index in [2.05, 4.69) is 37.4 Å². The summed E-state index contributed by atoms with van der Waals surface area (Å²) in [4.78, 5) is 2.41. The summed E-state index contributed by atoms with van der Waals surface area (Å²) in [5.74, 6) is 0.989. The number of rotatable bonds is 6. The lowest BCUT2D eigenvalue weighted by Crippen LogP contribution is -2.37. The van der Waals surface area contributed by atoms with Crippen LogP contribution in [0.5, 0.6) is 0 Å². The highest BCUT2D eigenvalue weighted by atomic mass is 32.1. The lowest BCUT2D eigenvalue weighted by atomic mass is 10.1. The molecule has 0 aromatic rings. The van der Waals surface area contributed by atoms with Gasteiger partial charge in [-0.05, 0) is 37.9 Å². The summed E-state index contributed by atoms with van der Waals surface area (Å²) >= 11 is 4.41.